The molecule has 4 N–H and O–H groups in total. The van der Waals surface area contributed by atoms with Crippen molar-refractivity contribution < 1.29 is 24.6 Å². The first kappa shape index (κ1) is 20.0. The number of aromatic carboxylic acids is 1. The Morgan fingerprint density at radius 2 is 1.93 bits per heavy atom. The number of aromatic nitrogens is 1. The molecule has 0 spiro atoms. The number of rotatable bonds is 6. The second-order valence-corrected chi connectivity index (χ2v) is 7.86. The highest BCUT2D eigenvalue weighted by Crippen LogP contribution is 2.42. The van der Waals surface area contributed by atoms with Gasteiger partial charge in [0, 0.05) is 28.0 Å². The first-order chi connectivity index (χ1) is 14.3. The molecule has 30 heavy (non-hydrogen) atoms. The Balaban J connectivity index is 1.63. The van der Waals surface area contributed by atoms with Gasteiger partial charge in [0.25, 0.3) is 0 Å². The fourth-order valence-corrected chi connectivity index (χ4v) is 4.48. The number of aromatic amines is 1. The van der Waals surface area contributed by atoms with Crippen LogP contribution in [0.25, 0.3) is 10.9 Å². The quantitative estimate of drug-likeness (QED) is 0.470. The number of aryl methyl sites for hydroxylation is 1. The summed E-state index contributed by atoms with van der Waals surface area (Å²) in [7, 11) is 0. The first-order valence-corrected chi connectivity index (χ1v) is 9.88. The number of aliphatic carboxylic acids is 1. The van der Waals surface area contributed by atoms with E-state index in [-0.39, 0.29) is 30.4 Å². The number of nitrogens with one attached hydrogen (secondary N) is 2. The molecule has 7 nitrogen and oxygen atoms in total. The van der Waals surface area contributed by atoms with Gasteiger partial charge in [-0.15, -0.1) is 0 Å². The van der Waals surface area contributed by atoms with Crippen molar-refractivity contribution in [1.82, 2.24) is 4.98 Å². The Kier molecular flexibility index (Phi) is 5.22. The van der Waals surface area contributed by atoms with Gasteiger partial charge in [0.15, 0.2) is 0 Å². The van der Waals surface area contributed by atoms with Crippen LogP contribution in [0.4, 0.5) is 5.69 Å². The van der Waals surface area contributed by atoms with E-state index in [1.165, 1.54) is 0 Å². The summed E-state index contributed by atoms with van der Waals surface area (Å²) < 4.78 is 0. The van der Waals surface area contributed by atoms with Crippen molar-refractivity contribution in [2.24, 2.45) is 0 Å². The van der Waals surface area contributed by atoms with E-state index in [4.69, 9.17) is 16.7 Å². The van der Waals surface area contributed by atoms with Crippen molar-refractivity contribution in [2.75, 3.05) is 5.32 Å². The third-order valence-corrected chi connectivity index (χ3v) is 5.65. The molecule has 4 rings (SSSR count). The van der Waals surface area contributed by atoms with Gasteiger partial charge in [0.2, 0.25) is 5.91 Å². The van der Waals surface area contributed by atoms with Gasteiger partial charge in [-0.05, 0) is 53.6 Å². The number of amides is 1. The van der Waals surface area contributed by atoms with Crippen LogP contribution in [0.1, 0.15) is 45.9 Å². The third-order valence-electron chi connectivity index (χ3n) is 5.43. The predicted molar refractivity (Wildman–Crippen MR) is 112 cm³/mol. The Morgan fingerprint density at radius 3 is 2.67 bits per heavy atom. The standard InChI is InChI=1S/C22H19ClN2O5/c23-14-7-12-5-6-13(20-19(12)16(10-14)25-21(20)22(29)30)8-17(26)24-15-4-2-1-3-11(15)9-18(27)28/h1-4,7,10,13,25H,5-6,8-9H2,(H,24,26)(H,27,28)(H,29,30)/t13-/m0/s1. The van der Waals surface area contributed by atoms with E-state index in [0.29, 0.717) is 40.2 Å². The summed E-state index contributed by atoms with van der Waals surface area (Å²) in [5, 5.41) is 22.9. The molecule has 0 saturated carbocycles. The summed E-state index contributed by atoms with van der Waals surface area (Å²) in [6.45, 7) is 0. The molecule has 0 bridgehead atoms. The van der Waals surface area contributed by atoms with E-state index < -0.39 is 11.9 Å². The van der Waals surface area contributed by atoms with Crippen molar-refractivity contribution in [3.63, 3.8) is 0 Å². The summed E-state index contributed by atoms with van der Waals surface area (Å²) in [6, 6.07) is 10.3. The van der Waals surface area contributed by atoms with Crippen LogP contribution in [-0.4, -0.2) is 33.0 Å². The van der Waals surface area contributed by atoms with Gasteiger partial charge in [-0.2, -0.15) is 0 Å². The number of hydrogen-bond donors (Lipinski definition) is 4. The van der Waals surface area contributed by atoms with E-state index in [1.54, 1.807) is 30.3 Å². The van der Waals surface area contributed by atoms with Crippen LogP contribution >= 0.6 is 11.6 Å². The minimum absolute atomic E-state index is 0.0808. The SMILES string of the molecule is O=C(O)Cc1ccccc1NC(=O)C[C@@H]1CCc2cc(Cl)cc3[nH]c(C(=O)O)c1c23. The van der Waals surface area contributed by atoms with Crippen molar-refractivity contribution in [2.45, 2.75) is 31.6 Å². The van der Waals surface area contributed by atoms with E-state index in [0.717, 1.165) is 10.9 Å². The molecule has 0 saturated heterocycles. The zero-order valence-electron chi connectivity index (χ0n) is 15.9. The minimum Gasteiger partial charge on any atom is -0.481 e. The molecule has 3 aromatic rings. The molecule has 0 fully saturated rings. The zero-order chi connectivity index (χ0) is 21.4. The summed E-state index contributed by atoms with van der Waals surface area (Å²) >= 11 is 6.16. The van der Waals surface area contributed by atoms with E-state index in [2.05, 4.69) is 10.3 Å². The van der Waals surface area contributed by atoms with Gasteiger partial charge in [0.1, 0.15) is 5.69 Å². The van der Waals surface area contributed by atoms with E-state index in [9.17, 15) is 19.5 Å². The summed E-state index contributed by atoms with van der Waals surface area (Å²) in [5.74, 6) is -2.63. The van der Waals surface area contributed by atoms with Gasteiger partial charge in [0.05, 0.1) is 6.42 Å². The average Bonchev–Trinajstić information content (AvgIpc) is 3.06. The second kappa shape index (κ2) is 7.84. The Bertz CT molecular complexity index is 1180. The molecular formula is C22H19ClN2O5. The number of H-pyrrole nitrogens is 1. The van der Waals surface area contributed by atoms with Gasteiger partial charge in [-0.25, -0.2) is 4.79 Å². The van der Waals surface area contributed by atoms with Gasteiger partial charge in [-0.1, -0.05) is 29.8 Å². The number of para-hydroxylation sites is 1. The molecule has 0 radical (unpaired) electrons. The lowest BCUT2D eigenvalue weighted by atomic mass is 9.81. The number of hydrogen-bond acceptors (Lipinski definition) is 3. The smallest absolute Gasteiger partial charge is 0.352 e. The fraction of sp³-hybridized carbons (Fsp3) is 0.227. The number of anilines is 1. The van der Waals surface area contributed by atoms with Crippen LogP contribution in [0.2, 0.25) is 5.02 Å². The summed E-state index contributed by atoms with van der Waals surface area (Å²) in [6.07, 6.45) is 1.20. The van der Waals surface area contributed by atoms with Crippen LogP contribution in [0.3, 0.4) is 0 Å². The number of carbonyl (C=O) groups is 3. The Hall–Kier alpha value is -3.32. The second-order valence-electron chi connectivity index (χ2n) is 7.42. The topological polar surface area (TPSA) is 119 Å². The lowest BCUT2D eigenvalue weighted by Gasteiger charge is -2.23. The highest BCUT2D eigenvalue weighted by Gasteiger charge is 2.31. The maximum Gasteiger partial charge on any atom is 0.352 e. The predicted octanol–water partition coefficient (Wildman–Crippen LogP) is 4.21. The monoisotopic (exact) mass is 426 g/mol. The summed E-state index contributed by atoms with van der Waals surface area (Å²) in [4.78, 5) is 38.6. The van der Waals surface area contributed by atoms with E-state index >= 15 is 0 Å². The fourth-order valence-electron chi connectivity index (χ4n) is 4.24. The molecule has 0 aliphatic heterocycles. The lowest BCUT2D eigenvalue weighted by molar-refractivity contribution is -0.136. The van der Waals surface area contributed by atoms with Gasteiger partial charge >= 0.3 is 11.9 Å². The van der Waals surface area contributed by atoms with Crippen molar-refractivity contribution in [3.05, 3.63) is 63.8 Å². The van der Waals surface area contributed by atoms with Crippen LogP contribution in [0.15, 0.2) is 36.4 Å². The van der Waals surface area contributed by atoms with Crippen LogP contribution in [-0.2, 0) is 22.4 Å². The molecule has 1 aromatic heterocycles. The van der Waals surface area contributed by atoms with Crippen LogP contribution in [0.5, 0.6) is 0 Å². The number of carbonyl (C=O) groups excluding carboxylic acids is 1. The molecule has 1 aliphatic carbocycles. The van der Waals surface area contributed by atoms with E-state index in [1.807, 2.05) is 6.07 Å². The molecule has 0 unspecified atom stereocenters. The van der Waals surface area contributed by atoms with Crippen molar-refractivity contribution in [1.29, 1.82) is 0 Å². The average molecular weight is 427 g/mol. The highest BCUT2D eigenvalue weighted by atomic mass is 35.5. The first-order valence-electron chi connectivity index (χ1n) is 9.50. The lowest BCUT2D eigenvalue weighted by Crippen LogP contribution is -2.20. The molecule has 1 aliphatic rings. The number of benzene rings is 2. The molecular weight excluding hydrogens is 408 g/mol. The molecule has 1 amide bonds. The van der Waals surface area contributed by atoms with Crippen LogP contribution < -0.4 is 5.32 Å². The Labute approximate surface area is 176 Å². The molecule has 2 aromatic carbocycles. The minimum atomic E-state index is -1.08. The highest BCUT2D eigenvalue weighted by molar-refractivity contribution is 6.31. The molecule has 154 valence electrons. The maximum atomic E-state index is 12.8. The largest absolute Gasteiger partial charge is 0.481 e. The van der Waals surface area contributed by atoms with Crippen LogP contribution in [0, 0.1) is 0 Å². The Morgan fingerprint density at radius 1 is 1.17 bits per heavy atom. The zero-order valence-corrected chi connectivity index (χ0v) is 16.6. The van der Waals surface area contributed by atoms with Gasteiger partial charge in [-0.3, -0.25) is 9.59 Å². The molecule has 8 heteroatoms. The maximum absolute atomic E-state index is 12.8. The third kappa shape index (κ3) is 3.76. The normalized spacial score (nSPS) is 15.2. The molecule has 1 atom stereocenters. The number of carboxylic acid groups (broad SMARTS) is 2. The van der Waals surface area contributed by atoms with Gasteiger partial charge < -0.3 is 20.5 Å². The number of carboxylic acids is 2. The van der Waals surface area contributed by atoms with Crippen molar-refractivity contribution >= 4 is 46.0 Å². The molecule has 1 heterocycles. The number of halogens is 1. The van der Waals surface area contributed by atoms with Crippen molar-refractivity contribution in [3.8, 4) is 0 Å². The summed E-state index contributed by atoms with van der Waals surface area (Å²) in [5.41, 5.74) is 3.30.